The summed E-state index contributed by atoms with van der Waals surface area (Å²) in [4.78, 5) is 0. The minimum absolute atomic E-state index is 0.324. The van der Waals surface area contributed by atoms with E-state index in [-0.39, 0.29) is 0 Å². The Bertz CT molecular complexity index is 631. The first-order valence-electron chi connectivity index (χ1n) is 8.39. The van der Waals surface area contributed by atoms with Gasteiger partial charge >= 0.3 is 0 Å². The average Bonchev–Trinajstić information content (AvgIpc) is 3.08. The van der Waals surface area contributed by atoms with Crippen molar-refractivity contribution in [1.82, 2.24) is 0 Å². The third-order valence-electron chi connectivity index (χ3n) is 4.40. The predicted octanol–water partition coefficient (Wildman–Crippen LogP) is 4.94. The monoisotopic (exact) mass is 311 g/mol. The molecule has 0 atom stereocenters. The Kier molecular flexibility index (Phi) is 5.06. The zero-order chi connectivity index (χ0) is 16.1. The highest BCUT2D eigenvalue weighted by Gasteiger charge is 2.20. The van der Waals surface area contributed by atoms with Crippen molar-refractivity contribution in [3.8, 4) is 11.5 Å². The molecular formula is C20H25NO2. The maximum absolute atomic E-state index is 6.27. The second-order valence-electron chi connectivity index (χ2n) is 6.19. The molecule has 3 rings (SSSR count). The number of benzene rings is 2. The van der Waals surface area contributed by atoms with E-state index < -0.39 is 0 Å². The van der Waals surface area contributed by atoms with Gasteiger partial charge in [0.05, 0.1) is 13.2 Å². The van der Waals surface area contributed by atoms with Gasteiger partial charge in [-0.05, 0) is 50.8 Å². The van der Waals surface area contributed by atoms with Crippen LogP contribution >= 0.6 is 0 Å². The molecule has 0 spiro atoms. The van der Waals surface area contributed by atoms with Crippen LogP contribution in [0.4, 0.5) is 5.69 Å². The van der Waals surface area contributed by atoms with E-state index in [9.17, 15) is 0 Å². The van der Waals surface area contributed by atoms with E-state index in [0.717, 1.165) is 42.1 Å². The molecule has 23 heavy (non-hydrogen) atoms. The molecule has 2 aromatic rings. The second-order valence-corrected chi connectivity index (χ2v) is 6.19. The van der Waals surface area contributed by atoms with Crippen LogP contribution in [-0.2, 0) is 6.54 Å². The quantitative estimate of drug-likeness (QED) is 0.820. The van der Waals surface area contributed by atoms with Gasteiger partial charge < -0.3 is 14.8 Å². The van der Waals surface area contributed by atoms with Crippen LogP contribution in [0.25, 0.3) is 0 Å². The molecule has 0 radical (unpaired) electrons. The molecule has 3 nitrogen and oxygen atoms in total. The van der Waals surface area contributed by atoms with Gasteiger partial charge in [0.15, 0.2) is 11.5 Å². The minimum Gasteiger partial charge on any atom is -0.493 e. The molecule has 1 aliphatic carbocycles. The molecule has 2 aromatic carbocycles. The maximum Gasteiger partial charge on any atom is 0.166 e. The minimum atomic E-state index is 0.324. The molecule has 0 heterocycles. The first-order valence-corrected chi connectivity index (χ1v) is 8.39. The zero-order valence-electron chi connectivity index (χ0n) is 14.0. The fourth-order valence-corrected chi connectivity index (χ4v) is 3.04. The Hall–Kier alpha value is -2.16. The van der Waals surface area contributed by atoms with Crippen molar-refractivity contribution in [2.75, 3.05) is 12.4 Å². The summed E-state index contributed by atoms with van der Waals surface area (Å²) in [5, 5.41) is 3.47. The summed E-state index contributed by atoms with van der Waals surface area (Å²) in [6.45, 7) is 2.82. The van der Waals surface area contributed by atoms with Gasteiger partial charge in [0.1, 0.15) is 0 Å². The van der Waals surface area contributed by atoms with Gasteiger partial charge in [-0.15, -0.1) is 0 Å². The van der Waals surface area contributed by atoms with Gasteiger partial charge in [0, 0.05) is 17.8 Å². The molecule has 1 saturated carbocycles. The lowest BCUT2D eigenvalue weighted by Crippen LogP contribution is -2.14. The molecule has 1 aliphatic rings. The van der Waals surface area contributed by atoms with Crippen molar-refractivity contribution in [2.45, 2.75) is 45.3 Å². The maximum atomic E-state index is 6.27. The molecule has 0 amide bonds. The van der Waals surface area contributed by atoms with Crippen molar-refractivity contribution in [3.63, 3.8) is 0 Å². The van der Waals surface area contributed by atoms with E-state index in [4.69, 9.17) is 9.47 Å². The summed E-state index contributed by atoms with van der Waals surface area (Å²) >= 11 is 0. The lowest BCUT2D eigenvalue weighted by Gasteiger charge is -2.19. The summed E-state index contributed by atoms with van der Waals surface area (Å²) in [6, 6.07) is 14.5. The summed E-state index contributed by atoms with van der Waals surface area (Å²) in [5.74, 6) is 1.71. The molecule has 0 saturated heterocycles. The van der Waals surface area contributed by atoms with E-state index in [1.807, 2.05) is 12.1 Å². The van der Waals surface area contributed by atoms with Crippen molar-refractivity contribution in [1.29, 1.82) is 0 Å². The molecule has 122 valence electrons. The third-order valence-corrected chi connectivity index (χ3v) is 4.40. The van der Waals surface area contributed by atoms with Crippen molar-refractivity contribution < 1.29 is 9.47 Å². The van der Waals surface area contributed by atoms with Gasteiger partial charge in [-0.1, -0.05) is 29.8 Å². The van der Waals surface area contributed by atoms with Crippen molar-refractivity contribution >= 4 is 5.69 Å². The highest BCUT2D eigenvalue weighted by molar-refractivity contribution is 5.50. The molecule has 1 N–H and O–H groups in total. The summed E-state index contributed by atoms with van der Waals surface area (Å²) < 4.78 is 11.8. The highest BCUT2D eigenvalue weighted by Crippen LogP contribution is 2.35. The van der Waals surface area contributed by atoms with E-state index in [1.54, 1.807) is 7.11 Å². The van der Waals surface area contributed by atoms with Gasteiger partial charge in [-0.25, -0.2) is 0 Å². The molecular weight excluding hydrogens is 286 g/mol. The number of anilines is 1. The number of methoxy groups -OCH3 is 1. The van der Waals surface area contributed by atoms with E-state index in [2.05, 4.69) is 42.6 Å². The number of rotatable bonds is 6. The first kappa shape index (κ1) is 15.7. The molecule has 0 aromatic heterocycles. The van der Waals surface area contributed by atoms with Crippen LogP contribution in [0.1, 0.15) is 36.8 Å². The Morgan fingerprint density at radius 3 is 2.48 bits per heavy atom. The number of ether oxygens (including phenoxy) is 2. The third kappa shape index (κ3) is 3.98. The Morgan fingerprint density at radius 2 is 1.78 bits per heavy atom. The molecule has 0 bridgehead atoms. The number of nitrogens with one attached hydrogen (secondary N) is 1. The smallest absolute Gasteiger partial charge is 0.166 e. The molecule has 3 heteroatoms. The van der Waals surface area contributed by atoms with Crippen molar-refractivity contribution in [2.24, 2.45) is 0 Å². The van der Waals surface area contributed by atoms with Gasteiger partial charge in [0.25, 0.3) is 0 Å². The molecule has 1 fully saturated rings. The van der Waals surface area contributed by atoms with Crippen LogP contribution < -0.4 is 14.8 Å². The Labute approximate surface area is 138 Å². The van der Waals surface area contributed by atoms with Crippen LogP contribution in [0, 0.1) is 6.92 Å². The van der Waals surface area contributed by atoms with Crippen LogP contribution in [-0.4, -0.2) is 13.2 Å². The second kappa shape index (κ2) is 7.40. The van der Waals surface area contributed by atoms with Crippen LogP contribution in [0.2, 0.25) is 0 Å². The van der Waals surface area contributed by atoms with Gasteiger partial charge in [-0.3, -0.25) is 0 Å². The number of aryl methyl sites for hydroxylation is 1. The lowest BCUT2D eigenvalue weighted by molar-refractivity contribution is 0.199. The first-order chi connectivity index (χ1) is 11.3. The normalized spacial score (nSPS) is 14.7. The molecule has 0 aliphatic heterocycles. The Morgan fingerprint density at radius 1 is 1.04 bits per heavy atom. The fraction of sp³-hybridized carbons (Fsp3) is 0.400. The predicted molar refractivity (Wildman–Crippen MR) is 94.4 cm³/mol. The van der Waals surface area contributed by atoms with Gasteiger partial charge in [-0.2, -0.15) is 0 Å². The lowest BCUT2D eigenvalue weighted by atomic mass is 10.1. The largest absolute Gasteiger partial charge is 0.493 e. The van der Waals surface area contributed by atoms with Crippen LogP contribution in [0.5, 0.6) is 11.5 Å². The van der Waals surface area contributed by atoms with E-state index in [0.29, 0.717) is 6.10 Å². The van der Waals surface area contributed by atoms with Crippen LogP contribution in [0.15, 0.2) is 42.5 Å². The number of para-hydroxylation sites is 1. The topological polar surface area (TPSA) is 30.5 Å². The summed E-state index contributed by atoms with van der Waals surface area (Å²) in [5.41, 5.74) is 3.52. The SMILES string of the molecule is COc1cccc(CNc2ccc(C)cc2)c1OC1CCCC1. The Balaban J connectivity index is 1.75. The fourth-order valence-electron chi connectivity index (χ4n) is 3.04. The standard InChI is InChI=1S/C20H25NO2/c1-15-10-12-17(13-11-15)21-14-16-6-5-9-19(22-2)20(16)23-18-7-3-4-8-18/h5-6,9-13,18,21H,3-4,7-8,14H2,1-2H3. The highest BCUT2D eigenvalue weighted by atomic mass is 16.5. The summed E-state index contributed by atoms with van der Waals surface area (Å²) in [6.07, 6.45) is 5.13. The summed E-state index contributed by atoms with van der Waals surface area (Å²) in [7, 11) is 1.70. The number of hydrogen-bond acceptors (Lipinski definition) is 3. The zero-order valence-corrected chi connectivity index (χ0v) is 14.0. The number of hydrogen-bond donors (Lipinski definition) is 1. The van der Waals surface area contributed by atoms with Gasteiger partial charge in [0.2, 0.25) is 0 Å². The van der Waals surface area contributed by atoms with E-state index in [1.165, 1.54) is 18.4 Å². The molecule has 0 unspecified atom stereocenters. The average molecular weight is 311 g/mol. The van der Waals surface area contributed by atoms with Crippen molar-refractivity contribution in [3.05, 3.63) is 53.6 Å². The van der Waals surface area contributed by atoms with Crippen LogP contribution in [0.3, 0.4) is 0 Å². The van der Waals surface area contributed by atoms with E-state index >= 15 is 0 Å².